The first kappa shape index (κ1) is 14.8. The molecule has 1 aromatic heterocycles. The molecule has 1 aliphatic rings. The van der Waals surface area contributed by atoms with E-state index in [-0.39, 0.29) is 4.90 Å². The van der Waals surface area contributed by atoms with Crippen molar-refractivity contribution in [2.45, 2.75) is 42.7 Å². The van der Waals surface area contributed by atoms with Gasteiger partial charge in [-0.2, -0.15) is 0 Å². The van der Waals surface area contributed by atoms with Gasteiger partial charge in [-0.25, -0.2) is 13.1 Å². The molecule has 0 radical (unpaired) electrons. The Hall–Kier alpha value is -1.58. The number of aliphatic hydroxyl groups is 1. The summed E-state index contributed by atoms with van der Waals surface area (Å²) in [5.41, 5.74) is 0. The number of hydrogen-bond donors (Lipinski definition) is 2. The number of sulfonamides is 1. The predicted molar refractivity (Wildman–Crippen MR) is 69.5 cm³/mol. The Balaban J connectivity index is 2.15. The topological polar surface area (TPSA) is 122 Å². The first-order valence-corrected chi connectivity index (χ1v) is 7.69. The molecule has 0 bridgehead atoms. The van der Waals surface area contributed by atoms with Crippen LogP contribution in [0.25, 0.3) is 0 Å². The van der Waals surface area contributed by atoms with E-state index in [1.165, 1.54) is 0 Å². The zero-order valence-corrected chi connectivity index (χ0v) is 11.4. The van der Waals surface area contributed by atoms with Crippen LogP contribution < -0.4 is 4.72 Å². The van der Waals surface area contributed by atoms with Gasteiger partial charge < -0.3 is 15.2 Å². The fourth-order valence-electron chi connectivity index (χ4n) is 2.16. The highest BCUT2D eigenvalue weighted by atomic mass is 32.2. The number of nitro groups is 1. The van der Waals surface area contributed by atoms with Crippen LogP contribution in [0.1, 0.15) is 25.7 Å². The molecule has 1 fully saturated rings. The van der Waals surface area contributed by atoms with Crippen molar-refractivity contribution in [3.05, 3.63) is 28.4 Å². The molecule has 0 aliphatic heterocycles. The van der Waals surface area contributed by atoms with E-state index in [1.54, 1.807) is 0 Å². The normalized spacial score (nSPS) is 23.4. The molecule has 0 aromatic carbocycles. The maximum atomic E-state index is 12.1. The summed E-state index contributed by atoms with van der Waals surface area (Å²) >= 11 is 0. The highest BCUT2D eigenvalue weighted by Gasteiger charge is 2.28. The van der Waals surface area contributed by atoms with Crippen molar-refractivity contribution >= 4 is 15.8 Å². The van der Waals surface area contributed by atoms with E-state index < -0.39 is 32.9 Å². The smallest absolute Gasteiger partial charge is 0.363 e. The molecule has 1 aromatic rings. The summed E-state index contributed by atoms with van der Waals surface area (Å²) in [4.78, 5) is 13.1. The van der Waals surface area contributed by atoms with Crippen LogP contribution >= 0.6 is 0 Å². The van der Waals surface area contributed by atoms with E-state index >= 15 is 0 Å². The molecule has 8 nitrogen and oxygen atoms in total. The van der Waals surface area contributed by atoms with Gasteiger partial charge in [0.15, 0.2) is 6.20 Å². The van der Waals surface area contributed by atoms with Gasteiger partial charge in [-0.15, -0.1) is 0 Å². The lowest BCUT2D eigenvalue weighted by atomic mass is 9.93. The lowest BCUT2D eigenvalue weighted by molar-refractivity contribution is -0.389. The molecule has 9 heteroatoms. The van der Waals surface area contributed by atoms with Crippen LogP contribution in [0.3, 0.4) is 0 Å². The number of rotatable bonds is 4. The zero-order valence-electron chi connectivity index (χ0n) is 10.6. The van der Waals surface area contributed by atoms with Crippen LogP contribution in [0.5, 0.6) is 0 Å². The van der Waals surface area contributed by atoms with Crippen molar-refractivity contribution < 1.29 is 18.4 Å². The Labute approximate surface area is 116 Å². The van der Waals surface area contributed by atoms with Gasteiger partial charge in [0.25, 0.3) is 0 Å². The fraction of sp³-hybridized carbons (Fsp3) is 0.545. The molecule has 110 valence electrons. The molecule has 2 N–H and O–H groups in total. The lowest BCUT2D eigenvalue weighted by Gasteiger charge is -2.27. The van der Waals surface area contributed by atoms with Crippen molar-refractivity contribution in [3.63, 3.8) is 0 Å². The number of pyridine rings is 1. The summed E-state index contributed by atoms with van der Waals surface area (Å²) in [5.74, 6) is -0.415. The number of nitrogens with zero attached hydrogens (tertiary/aromatic N) is 2. The molecule has 1 heterocycles. The summed E-state index contributed by atoms with van der Waals surface area (Å²) in [6.45, 7) is 0. The quantitative estimate of drug-likeness (QED) is 0.619. The summed E-state index contributed by atoms with van der Waals surface area (Å²) in [7, 11) is -3.83. The highest BCUT2D eigenvalue weighted by Crippen LogP contribution is 2.21. The van der Waals surface area contributed by atoms with Gasteiger partial charge in [-0.3, -0.25) is 0 Å². The van der Waals surface area contributed by atoms with Crippen LogP contribution in [0.15, 0.2) is 23.2 Å². The molecule has 1 aliphatic carbocycles. The third-order valence-electron chi connectivity index (χ3n) is 3.25. The van der Waals surface area contributed by atoms with Crippen LogP contribution in [0.4, 0.5) is 5.82 Å². The monoisotopic (exact) mass is 301 g/mol. The average Bonchev–Trinajstić information content (AvgIpc) is 2.41. The van der Waals surface area contributed by atoms with Crippen LogP contribution in [0.2, 0.25) is 0 Å². The summed E-state index contributed by atoms with van der Waals surface area (Å²) in [6.07, 6.45) is 3.09. The molecule has 1 saturated carbocycles. The van der Waals surface area contributed by atoms with Crippen LogP contribution in [0, 0.1) is 10.1 Å². The van der Waals surface area contributed by atoms with E-state index in [2.05, 4.69) is 9.71 Å². The molecular formula is C11H15N3O5S. The molecule has 0 amide bonds. The molecule has 0 unspecified atom stereocenters. The zero-order chi connectivity index (χ0) is 14.8. The van der Waals surface area contributed by atoms with Gasteiger partial charge in [0.2, 0.25) is 10.0 Å². The summed E-state index contributed by atoms with van der Waals surface area (Å²) < 4.78 is 26.6. The minimum atomic E-state index is -3.83. The molecule has 0 saturated heterocycles. The average molecular weight is 301 g/mol. The van der Waals surface area contributed by atoms with Gasteiger partial charge in [0.1, 0.15) is 4.90 Å². The first-order chi connectivity index (χ1) is 9.40. The second-order valence-electron chi connectivity index (χ2n) is 4.69. The standard InChI is InChI=1S/C11H15N3O5S/c15-10-4-2-1-3-9(10)13-20(18,19)8-5-6-11(12-7-8)14(16)17/h5-7,9-10,13,15H,1-4H2/t9-,10-/m0/s1. The van der Waals surface area contributed by atoms with Crippen molar-refractivity contribution in [1.82, 2.24) is 9.71 Å². The van der Waals surface area contributed by atoms with Gasteiger partial charge in [-0.1, -0.05) is 12.8 Å². The molecule has 20 heavy (non-hydrogen) atoms. The summed E-state index contributed by atoms with van der Waals surface area (Å²) in [5, 5.41) is 20.2. The van der Waals surface area contributed by atoms with Crippen LogP contribution in [-0.2, 0) is 10.0 Å². The van der Waals surface area contributed by atoms with E-state index in [9.17, 15) is 23.6 Å². The Morgan fingerprint density at radius 3 is 2.60 bits per heavy atom. The van der Waals surface area contributed by atoms with Crippen molar-refractivity contribution in [2.75, 3.05) is 0 Å². The fourth-order valence-corrected chi connectivity index (χ4v) is 3.40. The third kappa shape index (κ3) is 3.30. The second-order valence-corrected chi connectivity index (χ2v) is 6.40. The van der Waals surface area contributed by atoms with Gasteiger partial charge in [0.05, 0.1) is 6.10 Å². The Morgan fingerprint density at radius 1 is 1.35 bits per heavy atom. The number of aromatic nitrogens is 1. The van der Waals surface area contributed by atoms with E-state index in [0.717, 1.165) is 31.2 Å². The number of nitrogens with one attached hydrogen (secondary N) is 1. The van der Waals surface area contributed by atoms with Gasteiger partial charge in [-0.05, 0) is 28.8 Å². The van der Waals surface area contributed by atoms with Gasteiger partial charge in [0, 0.05) is 12.1 Å². The van der Waals surface area contributed by atoms with Crippen LogP contribution in [-0.4, -0.2) is 35.6 Å². The Kier molecular flexibility index (Phi) is 4.31. The Morgan fingerprint density at radius 2 is 2.05 bits per heavy atom. The van der Waals surface area contributed by atoms with E-state index in [1.807, 2.05) is 0 Å². The second kappa shape index (κ2) is 5.81. The molecule has 2 atom stereocenters. The highest BCUT2D eigenvalue weighted by molar-refractivity contribution is 7.89. The minimum absolute atomic E-state index is 0.152. The van der Waals surface area contributed by atoms with Crippen molar-refractivity contribution in [3.8, 4) is 0 Å². The maximum absolute atomic E-state index is 12.1. The number of hydrogen-bond acceptors (Lipinski definition) is 6. The van der Waals surface area contributed by atoms with Crippen molar-refractivity contribution in [1.29, 1.82) is 0 Å². The third-order valence-corrected chi connectivity index (χ3v) is 4.73. The van der Waals surface area contributed by atoms with Crippen molar-refractivity contribution in [2.24, 2.45) is 0 Å². The molecule has 0 spiro atoms. The molecular weight excluding hydrogens is 286 g/mol. The summed E-state index contributed by atoms with van der Waals surface area (Å²) in [6, 6.07) is 1.64. The van der Waals surface area contributed by atoms with E-state index in [4.69, 9.17) is 0 Å². The SMILES string of the molecule is O=[N+]([O-])c1ccc(S(=O)(=O)N[C@H]2CCCC[C@@H]2O)cn1. The molecule has 2 rings (SSSR count). The Bertz CT molecular complexity index is 587. The predicted octanol–water partition coefficient (Wildman–Crippen LogP) is 0.572. The number of aliphatic hydroxyl groups excluding tert-OH is 1. The maximum Gasteiger partial charge on any atom is 0.363 e. The first-order valence-electron chi connectivity index (χ1n) is 6.21. The van der Waals surface area contributed by atoms with Gasteiger partial charge >= 0.3 is 5.82 Å². The minimum Gasteiger partial charge on any atom is -0.391 e. The van der Waals surface area contributed by atoms with E-state index in [0.29, 0.717) is 12.8 Å². The lowest BCUT2D eigenvalue weighted by Crippen LogP contribution is -2.44. The largest absolute Gasteiger partial charge is 0.391 e.